The molecule has 1 fully saturated rings. The van der Waals surface area contributed by atoms with Crippen LogP contribution in [0, 0.1) is 24.1 Å². The summed E-state index contributed by atoms with van der Waals surface area (Å²) in [6, 6.07) is 12.0. The number of likely N-dealkylation sites (tertiary alicyclic amines) is 1. The molecule has 1 saturated heterocycles. The Morgan fingerprint density at radius 1 is 1.23 bits per heavy atom. The normalized spacial score (nSPS) is 16.4. The number of amides is 1. The van der Waals surface area contributed by atoms with Gasteiger partial charge in [0.1, 0.15) is 23.4 Å². The number of benzene rings is 2. The number of halogens is 1. The first-order valence-electron chi connectivity index (χ1n) is 11.6. The van der Waals surface area contributed by atoms with Crippen LogP contribution >= 0.6 is 0 Å². The van der Waals surface area contributed by atoms with E-state index in [1.54, 1.807) is 16.8 Å². The van der Waals surface area contributed by atoms with Gasteiger partial charge in [0.25, 0.3) is 5.91 Å². The van der Waals surface area contributed by atoms with Gasteiger partial charge in [-0.15, -0.1) is 0 Å². The third-order valence-electron chi connectivity index (χ3n) is 6.64. The zero-order valence-corrected chi connectivity index (χ0v) is 19.9. The number of nitrogens with one attached hydrogen (secondary N) is 1. The highest BCUT2D eigenvalue weighted by Gasteiger charge is 2.23. The maximum Gasteiger partial charge on any atom is 0.271 e. The topological polar surface area (TPSA) is 91.8 Å². The van der Waals surface area contributed by atoms with Crippen LogP contribution in [0.15, 0.2) is 42.6 Å². The molecule has 0 bridgehead atoms. The summed E-state index contributed by atoms with van der Waals surface area (Å²) in [7, 11) is 3.93. The number of likely N-dealkylation sites (N-methyl/N-ethyl adjacent to an activating group) is 1. The lowest BCUT2D eigenvalue weighted by Crippen LogP contribution is -2.46. The fourth-order valence-corrected chi connectivity index (χ4v) is 4.64. The highest BCUT2D eigenvalue weighted by Crippen LogP contribution is 2.28. The van der Waals surface area contributed by atoms with E-state index in [1.165, 1.54) is 12.1 Å². The van der Waals surface area contributed by atoms with Gasteiger partial charge >= 0.3 is 0 Å². The number of aryl methyl sites for hydroxylation is 2. The fourth-order valence-electron chi connectivity index (χ4n) is 4.64. The van der Waals surface area contributed by atoms with Crippen molar-refractivity contribution in [3.05, 3.63) is 65.4 Å². The quantitative estimate of drug-likeness (QED) is 0.491. The van der Waals surface area contributed by atoms with Crippen molar-refractivity contribution in [1.29, 1.82) is 5.26 Å². The molecule has 0 unspecified atom stereocenters. The lowest BCUT2D eigenvalue weighted by molar-refractivity contribution is 0.0908. The second-order valence-electron chi connectivity index (χ2n) is 9.11. The highest BCUT2D eigenvalue weighted by molar-refractivity contribution is 5.93. The van der Waals surface area contributed by atoms with Gasteiger partial charge in [-0.1, -0.05) is 0 Å². The van der Waals surface area contributed by atoms with Crippen molar-refractivity contribution in [1.82, 2.24) is 29.5 Å². The Labute approximate surface area is 202 Å². The largest absolute Gasteiger partial charge is 0.347 e. The summed E-state index contributed by atoms with van der Waals surface area (Å²) in [4.78, 5) is 20.0. The van der Waals surface area contributed by atoms with E-state index in [1.807, 2.05) is 50.0 Å². The van der Waals surface area contributed by atoms with E-state index >= 15 is 0 Å². The summed E-state index contributed by atoms with van der Waals surface area (Å²) in [5.41, 5.74) is 3.32. The molecule has 2 aromatic carbocycles. The number of carbonyl (C=O) groups is 1. The van der Waals surface area contributed by atoms with E-state index in [9.17, 15) is 9.18 Å². The first-order valence-corrected chi connectivity index (χ1v) is 11.6. The molecule has 3 heterocycles. The Morgan fingerprint density at radius 3 is 2.80 bits per heavy atom. The van der Waals surface area contributed by atoms with Crippen LogP contribution in [0.5, 0.6) is 0 Å². The molecule has 1 atom stereocenters. The van der Waals surface area contributed by atoms with Crippen molar-refractivity contribution in [2.24, 2.45) is 7.05 Å². The van der Waals surface area contributed by atoms with Gasteiger partial charge in [-0.25, -0.2) is 9.37 Å². The molecule has 1 N–H and O–H groups in total. The second-order valence-corrected chi connectivity index (χ2v) is 9.11. The molecule has 0 spiro atoms. The van der Waals surface area contributed by atoms with Crippen LogP contribution in [0.4, 0.5) is 4.39 Å². The van der Waals surface area contributed by atoms with Gasteiger partial charge in [0, 0.05) is 48.2 Å². The fraction of sp³-hybridized carbons (Fsp3) is 0.308. The second kappa shape index (κ2) is 8.96. The number of nitrogens with zero attached hydrogens (tertiary/aromatic N) is 6. The molecule has 9 heteroatoms. The number of carbonyl (C=O) groups excluding carboxylic acids is 1. The SMILES string of the molecule is Cc1c2cc(-n3cc(C(=O)N[C@@H]4CCCN(C)C4)nc3-c3ccc(C#N)c(F)c3)ccc2nn1C. The van der Waals surface area contributed by atoms with Crippen LogP contribution in [0.3, 0.4) is 0 Å². The van der Waals surface area contributed by atoms with Gasteiger partial charge in [-0.05, 0) is 69.8 Å². The molecule has 35 heavy (non-hydrogen) atoms. The van der Waals surface area contributed by atoms with E-state index in [0.717, 1.165) is 48.2 Å². The predicted octanol–water partition coefficient (Wildman–Crippen LogP) is 3.57. The van der Waals surface area contributed by atoms with Gasteiger partial charge in [-0.3, -0.25) is 14.0 Å². The molecule has 0 aliphatic carbocycles. The smallest absolute Gasteiger partial charge is 0.271 e. The van der Waals surface area contributed by atoms with Gasteiger partial charge in [0.05, 0.1) is 11.1 Å². The zero-order chi connectivity index (χ0) is 24.7. The summed E-state index contributed by atoms with van der Waals surface area (Å²) in [5, 5.41) is 17.7. The van der Waals surface area contributed by atoms with E-state index in [-0.39, 0.29) is 23.2 Å². The maximum atomic E-state index is 14.5. The van der Waals surface area contributed by atoms with E-state index in [0.29, 0.717) is 11.4 Å². The number of aromatic nitrogens is 4. The van der Waals surface area contributed by atoms with E-state index in [2.05, 4.69) is 20.3 Å². The van der Waals surface area contributed by atoms with Crippen LogP contribution < -0.4 is 5.32 Å². The zero-order valence-electron chi connectivity index (χ0n) is 19.9. The number of nitriles is 1. The van der Waals surface area contributed by atoms with Crippen molar-refractivity contribution in [2.75, 3.05) is 20.1 Å². The molecule has 178 valence electrons. The molecule has 1 amide bonds. The van der Waals surface area contributed by atoms with Crippen molar-refractivity contribution < 1.29 is 9.18 Å². The summed E-state index contributed by atoms with van der Waals surface area (Å²) in [5.74, 6) is -0.479. The molecule has 0 radical (unpaired) electrons. The van der Waals surface area contributed by atoms with Gasteiger partial charge in [-0.2, -0.15) is 10.4 Å². The average molecular weight is 472 g/mol. The predicted molar refractivity (Wildman–Crippen MR) is 131 cm³/mol. The Bertz CT molecular complexity index is 1480. The van der Waals surface area contributed by atoms with Crippen LogP contribution in [-0.4, -0.2) is 56.3 Å². The Kier molecular flexibility index (Phi) is 5.83. The van der Waals surface area contributed by atoms with Crippen LogP contribution in [0.1, 0.15) is 34.6 Å². The standard InChI is InChI=1S/C26H26FN7O/c1-16-21-12-20(8-9-23(21)31-33(16)3)34-15-24(26(35)29-19-5-4-10-32(2)14-19)30-25(34)17-6-7-18(13-28)22(27)11-17/h6-9,11-12,15,19H,4-5,10,14H2,1-3H3,(H,29,35)/t19-/m1/s1. The van der Waals surface area contributed by atoms with Crippen molar-refractivity contribution in [2.45, 2.75) is 25.8 Å². The summed E-state index contributed by atoms with van der Waals surface area (Å²) >= 11 is 0. The number of imidazole rings is 1. The molecular weight excluding hydrogens is 445 g/mol. The molecule has 8 nitrogen and oxygen atoms in total. The third kappa shape index (κ3) is 4.29. The molecule has 1 aliphatic heterocycles. The van der Waals surface area contributed by atoms with Crippen LogP contribution in [0.2, 0.25) is 0 Å². The number of fused-ring (bicyclic) bond motifs is 1. The van der Waals surface area contributed by atoms with Gasteiger partial charge < -0.3 is 10.2 Å². The minimum absolute atomic E-state index is 0.0429. The van der Waals surface area contributed by atoms with Gasteiger partial charge in [0.15, 0.2) is 0 Å². The minimum atomic E-state index is -0.630. The number of piperidine rings is 1. The van der Waals surface area contributed by atoms with Crippen molar-refractivity contribution in [3.8, 4) is 23.1 Å². The van der Waals surface area contributed by atoms with Crippen LogP contribution in [-0.2, 0) is 7.05 Å². The Balaban J connectivity index is 1.58. The summed E-state index contributed by atoms with van der Waals surface area (Å²) in [6.07, 6.45) is 3.62. The van der Waals surface area contributed by atoms with Gasteiger partial charge in [0.2, 0.25) is 0 Å². The first kappa shape index (κ1) is 22.7. The average Bonchev–Trinajstić information content (AvgIpc) is 3.40. The number of rotatable bonds is 4. The first-order chi connectivity index (χ1) is 16.8. The monoisotopic (exact) mass is 471 g/mol. The lowest BCUT2D eigenvalue weighted by atomic mass is 10.1. The van der Waals surface area contributed by atoms with Crippen LogP contribution in [0.25, 0.3) is 28.0 Å². The molecule has 5 rings (SSSR count). The van der Waals surface area contributed by atoms with Crippen molar-refractivity contribution >= 4 is 16.8 Å². The molecule has 0 saturated carbocycles. The molecule has 2 aromatic heterocycles. The highest BCUT2D eigenvalue weighted by atomic mass is 19.1. The van der Waals surface area contributed by atoms with Crippen molar-refractivity contribution in [3.63, 3.8) is 0 Å². The van der Waals surface area contributed by atoms with E-state index < -0.39 is 5.82 Å². The van der Waals surface area contributed by atoms with E-state index in [4.69, 9.17) is 5.26 Å². The lowest BCUT2D eigenvalue weighted by Gasteiger charge is -2.29. The third-order valence-corrected chi connectivity index (χ3v) is 6.64. The Hall–Kier alpha value is -4.03. The molecule has 1 aliphatic rings. The number of hydrogen-bond donors (Lipinski definition) is 1. The Morgan fingerprint density at radius 2 is 2.06 bits per heavy atom. The minimum Gasteiger partial charge on any atom is -0.347 e. The molecule has 4 aromatic rings. The number of hydrogen-bond acceptors (Lipinski definition) is 5. The molecular formula is C26H26FN7O. The summed E-state index contributed by atoms with van der Waals surface area (Å²) in [6.45, 7) is 3.80. The summed E-state index contributed by atoms with van der Waals surface area (Å²) < 4.78 is 18.1. The maximum absolute atomic E-state index is 14.5.